The lowest BCUT2D eigenvalue weighted by molar-refractivity contribution is 0.573. The quantitative estimate of drug-likeness (QED) is 0.600. The minimum absolute atomic E-state index is 0.173. The third-order valence-electron chi connectivity index (χ3n) is 2.99. The standard InChI is InChI=1S/C12H18N2O2S/c13-11-5-1-2-6-12(11)17(15,16)14-9-3-4-10-7-8-10/h1-2,5-6,10,14H,3-4,7-9,13H2. The normalized spacial score (nSPS) is 16.0. The Balaban J connectivity index is 1.91. The number of nitrogens with one attached hydrogen (secondary N) is 1. The number of nitrogen functional groups attached to an aromatic ring is 1. The van der Waals surface area contributed by atoms with Crippen molar-refractivity contribution in [3.63, 3.8) is 0 Å². The third-order valence-corrected chi connectivity index (χ3v) is 4.52. The van der Waals surface area contributed by atoms with Crippen LogP contribution in [0.5, 0.6) is 0 Å². The van der Waals surface area contributed by atoms with E-state index in [0.717, 1.165) is 18.8 Å². The van der Waals surface area contributed by atoms with Gasteiger partial charge < -0.3 is 5.73 Å². The highest BCUT2D eigenvalue weighted by atomic mass is 32.2. The van der Waals surface area contributed by atoms with Crippen molar-refractivity contribution < 1.29 is 8.42 Å². The lowest BCUT2D eigenvalue weighted by Crippen LogP contribution is -2.25. The molecule has 1 saturated carbocycles. The molecule has 0 aromatic heterocycles. The van der Waals surface area contributed by atoms with E-state index in [1.807, 2.05) is 0 Å². The van der Waals surface area contributed by atoms with Gasteiger partial charge in [0.2, 0.25) is 10.0 Å². The maximum Gasteiger partial charge on any atom is 0.242 e. The summed E-state index contributed by atoms with van der Waals surface area (Å²) in [7, 11) is -3.44. The van der Waals surface area contributed by atoms with Gasteiger partial charge >= 0.3 is 0 Å². The highest BCUT2D eigenvalue weighted by Gasteiger charge is 2.21. The summed E-state index contributed by atoms with van der Waals surface area (Å²) in [4.78, 5) is 0.173. The number of anilines is 1. The number of nitrogens with two attached hydrogens (primary N) is 1. The predicted molar refractivity (Wildman–Crippen MR) is 68.0 cm³/mol. The molecule has 0 atom stereocenters. The molecule has 1 fully saturated rings. The number of rotatable bonds is 6. The molecule has 0 aliphatic heterocycles. The minimum atomic E-state index is -3.44. The van der Waals surface area contributed by atoms with E-state index in [-0.39, 0.29) is 4.90 Å². The molecule has 17 heavy (non-hydrogen) atoms. The Morgan fingerprint density at radius 1 is 1.29 bits per heavy atom. The van der Waals surface area contributed by atoms with Crippen LogP contribution in [0.2, 0.25) is 0 Å². The SMILES string of the molecule is Nc1ccccc1S(=O)(=O)NCCCC1CC1. The topological polar surface area (TPSA) is 72.2 Å². The molecule has 0 amide bonds. The van der Waals surface area contributed by atoms with Gasteiger partial charge in [-0.15, -0.1) is 0 Å². The highest BCUT2D eigenvalue weighted by Crippen LogP contribution is 2.33. The van der Waals surface area contributed by atoms with Crippen molar-refractivity contribution in [3.05, 3.63) is 24.3 Å². The van der Waals surface area contributed by atoms with Crippen LogP contribution in [-0.4, -0.2) is 15.0 Å². The summed E-state index contributed by atoms with van der Waals surface area (Å²) in [5, 5.41) is 0. The highest BCUT2D eigenvalue weighted by molar-refractivity contribution is 7.89. The second-order valence-electron chi connectivity index (χ2n) is 4.52. The summed E-state index contributed by atoms with van der Waals surface area (Å²) in [6.45, 7) is 0.493. The molecule has 0 heterocycles. The Morgan fingerprint density at radius 2 is 2.00 bits per heavy atom. The Bertz CT molecular complexity index is 481. The van der Waals surface area contributed by atoms with Crippen LogP contribution >= 0.6 is 0 Å². The van der Waals surface area contributed by atoms with E-state index in [1.54, 1.807) is 18.2 Å². The molecule has 5 heteroatoms. The predicted octanol–water partition coefficient (Wildman–Crippen LogP) is 1.74. The number of hydrogen-bond donors (Lipinski definition) is 2. The maximum atomic E-state index is 11.9. The summed E-state index contributed by atoms with van der Waals surface area (Å²) in [6, 6.07) is 6.52. The van der Waals surface area contributed by atoms with Gasteiger partial charge in [0.25, 0.3) is 0 Å². The van der Waals surface area contributed by atoms with E-state index < -0.39 is 10.0 Å². The van der Waals surface area contributed by atoms with Crippen LogP contribution in [0.15, 0.2) is 29.2 Å². The van der Waals surface area contributed by atoms with Crippen LogP contribution in [0.25, 0.3) is 0 Å². The molecule has 1 aliphatic rings. The molecule has 1 aromatic rings. The average Bonchev–Trinajstić information content (AvgIpc) is 3.09. The van der Waals surface area contributed by atoms with E-state index in [9.17, 15) is 8.42 Å². The third kappa shape index (κ3) is 3.44. The first kappa shape index (κ1) is 12.4. The van der Waals surface area contributed by atoms with E-state index in [0.29, 0.717) is 12.2 Å². The van der Waals surface area contributed by atoms with E-state index in [4.69, 9.17) is 5.73 Å². The fourth-order valence-electron chi connectivity index (χ4n) is 1.81. The zero-order chi connectivity index (χ0) is 12.3. The first-order valence-electron chi connectivity index (χ1n) is 5.94. The molecular formula is C12H18N2O2S. The lowest BCUT2D eigenvalue weighted by Gasteiger charge is -2.08. The Hall–Kier alpha value is -1.07. The van der Waals surface area contributed by atoms with Crippen LogP contribution in [0, 0.1) is 5.92 Å². The molecule has 2 rings (SSSR count). The molecule has 4 nitrogen and oxygen atoms in total. The number of hydrogen-bond acceptors (Lipinski definition) is 3. The van der Waals surface area contributed by atoms with Gasteiger partial charge in [-0.05, 0) is 30.9 Å². The van der Waals surface area contributed by atoms with Gasteiger partial charge in [0.1, 0.15) is 4.90 Å². The smallest absolute Gasteiger partial charge is 0.242 e. The average molecular weight is 254 g/mol. The summed E-state index contributed by atoms with van der Waals surface area (Å²) in [6.07, 6.45) is 4.63. The van der Waals surface area contributed by atoms with E-state index in [2.05, 4.69) is 4.72 Å². The Kier molecular flexibility index (Phi) is 3.69. The van der Waals surface area contributed by atoms with Crippen LogP contribution in [0.1, 0.15) is 25.7 Å². The van der Waals surface area contributed by atoms with Crippen LogP contribution in [-0.2, 0) is 10.0 Å². The summed E-state index contributed by atoms with van der Waals surface area (Å²) in [5.74, 6) is 0.835. The molecule has 0 spiro atoms. The second kappa shape index (κ2) is 5.06. The van der Waals surface area contributed by atoms with Crippen molar-refractivity contribution in [2.45, 2.75) is 30.6 Å². The van der Waals surface area contributed by atoms with Gasteiger partial charge in [-0.1, -0.05) is 25.0 Å². The Labute approximate surface area is 102 Å². The van der Waals surface area contributed by atoms with Crippen molar-refractivity contribution in [2.24, 2.45) is 5.92 Å². The molecular weight excluding hydrogens is 236 g/mol. The van der Waals surface area contributed by atoms with Gasteiger partial charge in [-0.25, -0.2) is 13.1 Å². The summed E-state index contributed by atoms with van der Waals surface area (Å²) in [5.41, 5.74) is 5.94. The number of benzene rings is 1. The molecule has 1 aromatic carbocycles. The summed E-state index contributed by atoms with van der Waals surface area (Å²) >= 11 is 0. The van der Waals surface area contributed by atoms with Crippen LogP contribution in [0.4, 0.5) is 5.69 Å². The van der Waals surface area contributed by atoms with Crippen LogP contribution in [0.3, 0.4) is 0 Å². The van der Waals surface area contributed by atoms with Gasteiger partial charge in [0, 0.05) is 6.54 Å². The van der Waals surface area contributed by atoms with Crippen molar-refractivity contribution >= 4 is 15.7 Å². The minimum Gasteiger partial charge on any atom is -0.398 e. The fourth-order valence-corrected chi connectivity index (χ4v) is 3.01. The second-order valence-corrected chi connectivity index (χ2v) is 6.26. The monoisotopic (exact) mass is 254 g/mol. The summed E-state index contributed by atoms with van der Waals surface area (Å²) < 4.78 is 26.4. The lowest BCUT2D eigenvalue weighted by atomic mass is 10.2. The zero-order valence-electron chi connectivity index (χ0n) is 9.72. The molecule has 0 unspecified atom stereocenters. The first-order valence-corrected chi connectivity index (χ1v) is 7.42. The molecule has 94 valence electrons. The molecule has 3 N–H and O–H groups in total. The molecule has 0 bridgehead atoms. The van der Waals surface area contributed by atoms with Crippen LogP contribution < -0.4 is 10.5 Å². The molecule has 0 radical (unpaired) electrons. The first-order chi connectivity index (χ1) is 8.09. The molecule has 1 aliphatic carbocycles. The zero-order valence-corrected chi connectivity index (χ0v) is 10.5. The van der Waals surface area contributed by atoms with E-state index in [1.165, 1.54) is 18.9 Å². The fraction of sp³-hybridized carbons (Fsp3) is 0.500. The number of sulfonamides is 1. The maximum absolute atomic E-state index is 11.9. The van der Waals surface area contributed by atoms with E-state index >= 15 is 0 Å². The number of para-hydroxylation sites is 1. The molecule has 0 saturated heterocycles. The van der Waals surface area contributed by atoms with Crippen molar-refractivity contribution in [2.75, 3.05) is 12.3 Å². The Morgan fingerprint density at radius 3 is 2.65 bits per heavy atom. The van der Waals surface area contributed by atoms with Gasteiger partial charge in [0.05, 0.1) is 5.69 Å². The van der Waals surface area contributed by atoms with Crippen molar-refractivity contribution in [1.29, 1.82) is 0 Å². The largest absolute Gasteiger partial charge is 0.398 e. The van der Waals surface area contributed by atoms with Crippen molar-refractivity contribution in [3.8, 4) is 0 Å². The van der Waals surface area contributed by atoms with Gasteiger partial charge in [-0.2, -0.15) is 0 Å². The van der Waals surface area contributed by atoms with Crippen molar-refractivity contribution in [1.82, 2.24) is 4.72 Å². The van der Waals surface area contributed by atoms with Gasteiger partial charge in [0.15, 0.2) is 0 Å². The van der Waals surface area contributed by atoms with Gasteiger partial charge in [-0.3, -0.25) is 0 Å².